The molecule has 3 nitrogen and oxygen atoms in total. The number of anilines is 1. The second kappa shape index (κ2) is 5.07. The summed E-state index contributed by atoms with van der Waals surface area (Å²) in [5.74, 6) is 0.161. The highest BCUT2D eigenvalue weighted by Crippen LogP contribution is 2.23. The number of carbonyl (C=O) groups excluding carboxylic acids is 1. The summed E-state index contributed by atoms with van der Waals surface area (Å²) in [7, 11) is 0. The van der Waals surface area contributed by atoms with Crippen LogP contribution in [0.1, 0.15) is 10.6 Å². The lowest BCUT2D eigenvalue weighted by Crippen LogP contribution is -2.06. The van der Waals surface area contributed by atoms with Crippen LogP contribution in [0.15, 0.2) is 21.3 Å². The molecule has 0 unspecified atom stereocenters. The van der Waals surface area contributed by atoms with Gasteiger partial charge in [0.15, 0.2) is 5.13 Å². The first-order valence-corrected chi connectivity index (χ1v) is 7.14. The van der Waals surface area contributed by atoms with E-state index < -0.39 is 0 Å². The summed E-state index contributed by atoms with van der Waals surface area (Å²) in [5.41, 5.74) is 6.27. The number of thiophene rings is 1. The predicted octanol–water partition coefficient (Wildman–Crippen LogP) is 2.90. The number of nitrogens with two attached hydrogens (primary N) is 1. The molecular formula is C10H9BrN2OS2. The maximum Gasteiger partial charge on any atom is 0.180 e. The Morgan fingerprint density at radius 1 is 1.44 bits per heavy atom. The molecule has 0 aromatic carbocycles. The van der Waals surface area contributed by atoms with Crippen molar-refractivity contribution in [2.75, 3.05) is 5.73 Å². The molecule has 6 heteroatoms. The van der Waals surface area contributed by atoms with Gasteiger partial charge in [-0.2, -0.15) is 0 Å². The number of aromatic nitrogens is 1. The highest BCUT2D eigenvalue weighted by molar-refractivity contribution is 9.10. The minimum Gasteiger partial charge on any atom is -0.375 e. The Balaban J connectivity index is 1.97. The molecule has 0 atom stereocenters. The van der Waals surface area contributed by atoms with Crippen LogP contribution in [0.3, 0.4) is 0 Å². The van der Waals surface area contributed by atoms with E-state index in [4.69, 9.17) is 5.73 Å². The van der Waals surface area contributed by atoms with Crippen LogP contribution in [0.4, 0.5) is 5.13 Å². The zero-order chi connectivity index (χ0) is 11.5. The lowest BCUT2D eigenvalue weighted by atomic mass is 10.1. The van der Waals surface area contributed by atoms with Crippen molar-refractivity contribution in [2.45, 2.75) is 12.8 Å². The molecule has 0 spiro atoms. The highest BCUT2D eigenvalue weighted by Gasteiger charge is 2.10. The van der Waals surface area contributed by atoms with Gasteiger partial charge in [0.25, 0.3) is 0 Å². The predicted molar refractivity (Wildman–Crippen MR) is 71.0 cm³/mol. The molecule has 2 rings (SSSR count). The fourth-order valence-corrected chi connectivity index (χ4v) is 3.38. The van der Waals surface area contributed by atoms with Gasteiger partial charge in [-0.05, 0) is 27.4 Å². The Kier molecular flexibility index (Phi) is 3.73. The van der Waals surface area contributed by atoms with Gasteiger partial charge in [-0.3, -0.25) is 4.79 Å². The second-order valence-electron chi connectivity index (χ2n) is 3.26. The maximum atomic E-state index is 11.8. The number of halogens is 1. The van der Waals surface area contributed by atoms with Crippen molar-refractivity contribution >= 4 is 49.5 Å². The Morgan fingerprint density at radius 3 is 2.81 bits per heavy atom. The van der Waals surface area contributed by atoms with Crippen LogP contribution in [0.5, 0.6) is 0 Å². The summed E-state index contributed by atoms with van der Waals surface area (Å²) in [6.07, 6.45) is 0.813. The molecule has 2 aromatic heterocycles. The lowest BCUT2D eigenvalue weighted by Gasteiger charge is -1.97. The van der Waals surface area contributed by atoms with E-state index in [0.29, 0.717) is 18.0 Å². The molecule has 0 aliphatic carbocycles. The fraction of sp³-hybridized carbons (Fsp3) is 0.200. The van der Waals surface area contributed by atoms with E-state index in [9.17, 15) is 4.79 Å². The molecule has 0 fully saturated rings. The molecule has 0 radical (unpaired) electrons. The van der Waals surface area contributed by atoms with Gasteiger partial charge in [0.2, 0.25) is 0 Å². The number of rotatable bonds is 4. The first kappa shape index (κ1) is 11.8. The number of hydrogen-bond acceptors (Lipinski definition) is 5. The van der Waals surface area contributed by atoms with Gasteiger partial charge in [0, 0.05) is 27.6 Å². The van der Waals surface area contributed by atoms with Gasteiger partial charge in [-0.25, -0.2) is 4.98 Å². The lowest BCUT2D eigenvalue weighted by molar-refractivity contribution is -0.117. The smallest absolute Gasteiger partial charge is 0.180 e. The van der Waals surface area contributed by atoms with Crippen LogP contribution in [0.2, 0.25) is 0 Å². The van der Waals surface area contributed by atoms with Gasteiger partial charge < -0.3 is 5.73 Å². The van der Waals surface area contributed by atoms with Crippen molar-refractivity contribution in [1.29, 1.82) is 0 Å². The topological polar surface area (TPSA) is 56.0 Å². The van der Waals surface area contributed by atoms with Crippen LogP contribution in [-0.4, -0.2) is 10.8 Å². The Hall–Kier alpha value is -0.720. The number of carbonyl (C=O) groups is 1. The first-order valence-electron chi connectivity index (χ1n) is 4.58. The molecule has 0 amide bonds. The molecule has 0 saturated heterocycles. The zero-order valence-electron chi connectivity index (χ0n) is 8.27. The van der Waals surface area contributed by atoms with E-state index in [0.717, 1.165) is 15.0 Å². The standard InChI is InChI=1S/C10H9BrN2OS2/c11-8-1-2-15-9(8)4-7(14)3-6-5-16-10(12)13-6/h1-2,5H,3-4H2,(H2,12,13). The molecule has 0 bridgehead atoms. The minimum absolute atomic E-state index is 0.161. The summed E-state index contributed by atoms with van der Waals surface area (Å²) in [6, 6.07) is 1.95. The quantitative estimate of drug-likeness (QED) is 0.943. The number of hydrogen-bond donors (Lipinski definition) is 1. The van der Waals surface area contributed by atoms with Gasteiger partial charge >= 0.3 is 0 Å². The second-order valence-corrected chi connectivity index (χ2v) is 6.01. The Bertz CT molecular complexity index is 506. The third-order valence-corrected chi connectivity index (χ3v) is 4.65. The van der Waals surface area contributed by atoms with Crippen LogP contribution in [0, 0.1) is 0 Å². The third-order valence-electron chi connectivity index (χ3n) is 2.00. The average molecular weight is 317 g/mol. The highest BCUT2D eigenvalue weighted by atomic mass is 79.9. The third kappa shape index (κ3) is 2.90. The maximum absolute atomic E-state index is 11.8. The van der Waals surface area contributed by atoms with Gasteiger partial charge in [-0.1, -0.05) is 0 Å². The molecule has 2 heterocycles. The number of nitrogens with zero attached hydrogens (tertiary/aromatic N) is 1. The van der Waals surface area contributed by atoms with Crippen LogP contribution in [0.25, 0.3) is 0 Å². The Labute approximate surface area is 109 Å². The SMILES string of the molecule is Nc1nc(CC(=O)Cc2sccc2Br)cs1. The summed E-state index contributed by atoms with van der Waals surface area (Å²) in [4.78, 5) is 16.9. The minimum atomic E-state index is 0.161. The van der Waals surface area contributed by atoms with Gasteiger partial charge in [0.1, 0.15) is 5.78 Å². The van der Waals surface area contributed by atoms with Crippen molar-refractivity contribution in [2.24, 2.45) is 0 Å². The van der Waals surface area contributed by atoms with Gasteiger partial charge in [0.05, 0.1) is 5.69 Å². The van der Waals surface area contributed by atoms with Crippen molar-refractivity contribution in [1.82, 2.24) is 4.98 Å². The van der Waals surface area contributed by atoms with E-state index in [1.54, 1.807) is 11.3 Å². The van der Waals surface area contributed by atoms with Crippen molar-refractivity contribution < 1.29 is 4.79 Å². The number of ketones is 1. The fourth-order valence-electron chi connectivity index (χ4n) is 1.30. The van der Waals surface area contributed by atoms with Crippen LogP contribution >= 0.6 is 38.6 Å². The van der Waals surface area contributed by atoms with Crippen LogP contribution < -0.4 is 5.73 Å². The molecule has 0 aliphatic heterocycles. The molecule has 84 valence electrons. The summed E-state index contributed by atoms with van der Waals surface area (Å²) < 4.78 is 1.00. The number of thiazole rings is 1. The Morgan fingerprint density at radius 2 is 2.25 bits per heavy atom. The van der Waals surface area contributed by atoms with Crippen LogP contribution in [-0.2, 0) is 17.6 Å². The van der Waals surface area contributed by atoms with Crippen molar-refractivity contribution in [3.8, 4) is 0 Å². The molecule has 0 saturated carbocycles. The molecule has 2 aromatic rings. The van der Waals surface area contributed by atoms with Crippen molar-refractivity contribution in [3.05, 3.63) is 31.9 Å². The zero-order valence-corrected chi connectivity index (χ0v) is 11.5. The molecular weight excluding hydrogens is 308 g/mol. The first-order chi connectivity index (χ1) is 7.65. The van der Waals surface area contributed by atoms with E-state index >= 15 is 0 Å². The van der Waals surface area contributed by atoms with E-state index in [1.807, 2.05) is 16.8 Å². The average Bonchev–Trinajstić information content (AvgIpc) is 2.77. The van der Waals surface area contributed by atoms with E-state index in [-0.39, 0.29) is 5.78 Å². The van der Waals surface area contributed by atoms with Crippen molar-refractivity contribution in [3.63, 3.8) is 0 Å². The molecule has 16 heavy (non-hydrogen) atoms. The summed E-state index contributed by atoms with van der Waals surface area (Å²) in [5, 5.41) is 4.31. The largest absolute Gasteiger partial charge is 0.375 e. The number of nitrogen functional groups attached to an aromatic ring is 1. The van der Waals surface area contributed by atoms with Gasteiger partial charge in [-0.15, -0.1) is 22.7 Å². The van der Waals surface area contributed by atoms with E-state index in [2.05, 4.69) is 20.9 Å². The normalized spacial score (nSPS) is 10.6. The van der Waals surface area contributed by atoms with E-state index in [1.165, 1.54) is 11.3 Å². The number of Topliss-reactive ketones (excluding diaryl/α,β-unsaturated/α-hetero) is 1. The molecule has 0 aliphatic rings. The summed E-state index contributed by atoms with van der Waals surface area (Å²) in [6.45, 7) is 0. The monoisotopic (exact) mass is 316 g/mol. The molecule has 2 N–H and O–H groups in total. The summed E-state index contributed by atoms with van der Waals surface area (Å²) >= 11 is 6.36.